The van der Waals surface area contributed by atoms with E-state index < -0.39 is 0 Å². The van der Waals surface area contributed by atoms with Crippen LogP contribution in [0.15, 0.2) is 39.9 Å². The molecule has 2 aromatic rings. The number of benzene rings is 1. The van der Waals surface area contributed by atoms with Gasteiger partial charge in [0.25, 0.3) is 5.91 Å². The summed E-state index contributed by atoms with van der Waals surface area (Å²) in [6.45, 7) is 10.4. The molecule has 1 aliphatic rings. The second-order valence-corrected chi connectivity index (χ2v) is 6.82. The first-order valence-electron chi connectivity index (χ1n) is 9.48. The summed E-state index contributed by atoms with van der Waals surface area (Å²) in [4.78, 5) is 20.1. The number of morpholine rings is 1. The van der Waals surface area contributed by atoms with Crippen molar-refractivity contribution in [1.29, 1.82) is 0 Å². The fraction of sp³-hybridized carbons (Fsp3) is 0.429. The monoisotopic (exact) mass is 385 g/mol. The Morgan fingerprint density at radius 3 is 2.57 bits per heavy atom. The minimum absolute atomic E-state index is 0.182. The van der Waals surface area contributed by atoms with Gasteiger partial charge in [-0.2, -0.15) is 0 Å². The van der Waals surface area contributed by atoms with E-state index in [4.69, 9.17) is 14.0 Å². The molecule has 1 saturated heterocycles. The standard InChI is InChI=1S/C21H27N3O4/c1-15-14-20(17(3)28-15)21(25)22-19-6-4-18(5-7-19)16(2)23-27-13-10-24-8-11-26-12-9-24/h4-7,14H,8-13H2,1-3H3,(H,22,25)/b23-16+. The molecular weight excluding hydrogens is 358 g/mol. The van der Waals surface area contributed by atoms with Crippen molar-refractivity contribution in [2.75, 3.05) is 44.8 Å². The van der Waals surface area contributed by atoms with Crippen LogP contribution in [0.2, 0.25) is 0 Å². The molecule has 0 saturated carbocycles. The van der Waals surface area contributed by atoms with Crippen LogP contribution in [0.1, 0.15) is 34.4 Å². The van der Waals surface area contributed by atoms with Gasteiger partial charge in [0.15, 0.2) is 0 Å². The Morgan fingerprint density at radius 2 is 1.93 bits per heavy atom. The number of carbonyl (C=O) groups excluding carboxylic acids is 1. The molecule has 1 N–H and O–H groups in total. The number of nitrogens with one attached hydrogen (secondary N) is 1. The molecule has 0 radical (unpaired) electrons. The number of ether oxygens (including phenoxy) is 1. The highest BCUT2D eigenvalue weighted by Crippen LogP contribution is 2.17. The molecule has 1 aromatic carbocycles. The molecule has 0 unspecified atom stereocenters. The Hall–Kier alpha value is -2.64. The molecule has 0 spiro atoms. The number of oxime groups is 1. The van der Waals surface area contributed by atoms with Crippen LogP contribution in [-0.4, -0.2) is 56.0 Å². The minimum atomic E-state index is -0.182. The van der Waals surface area contributed by atoms with Gasteiger partial charge in [-0.25, -0.2) is 0 Å². The van der Waals surface area contributed by atoms with E-state index in [1.165, 1.54) is 0 Å². The third-order valence-electron chi connectivity index (χ3n) is 4.65. The average molecular weight is 385 g/mol. The van der Waals surface area contributed by atoms with Crippen molar-refractivity contribution < 1.29 is 18.8 Å². The quantitative estimate of drug-likeness (QED) is 0.450. The molecule has 1 fully saturated rings. The van der Waals surface area contributed by atoms with Crippen LogP contribution in [0.4, 0.5) is 5.69 Å². The lowest BCUT2D eigenvalue weighted by Gasteiger charge is -2.25. The molecule has 0 aliphatic carbocycles. The maximum atomic E-state index is 12.3. The van der Waals surface area contributed by atoms with Crippen molar-refractivity contribution in [3.05, 3.63) is 53.0 Å². The van der Waals surface area contributed by atoms with Crippen LogP contribution < -0.4 is 5.32 Å². The van der Waals surface area contributed by atoms with E-state index in [0.29, 0.717) is 23.6 Å². The van der Waals surface area contributed by atoms with Gasteiger partial charge in [-0.05, 0) is 44.5 Å². The maximum absolute atomic E-state index is 12.3. The lowest BCUT2D eigenvalue weighted by Crippen LogP contribution is -2.38. The minimum Gasteiger partial charge on any atom is -0.466 e. The van der Waals surface area contributed by atoms with Gasteiger partial charge in [0.2, 0.25) is 0 Å². The zero-order valence-electron chi connectivity index (χ0n) is 16.7. The lowest BCUT2D eigenvalue weighted by molar-refractivity contribution is 0.0212. The summed E-state index contributed by atoms with van der Waals surface area (Å²) in [5.74, 6) is 1.15. The van der Waals surface area contributed by atoms with Gasteiger partial charge in [0, 0.05) is 25.3 Å². The predicted molar refractivity (Wildman–Crippen MR) is 108 cm³/mol. The zero-order valence-corrected chi connectivity index (χ0v) is 16.7. The van der Waals surface area contributed by atoms with Gasteiger partial charge in [0.05, 0.1) is 24.5 Å². The van der Waals surface area contributed by atoms with Gasteiger partial charge in [-0.15, -0.1) is 0 Å². The van der Waals surface area contributed by atoms with Crippen molar-refractivity contribution in [3.63, 3.8) is 0 Å². The average Bonchev–Trinajstić information content (AvgIpc) is 3.04. The van der Waals surface area contributed by atoms with Gasteiger partial charge in [-0.1, -0.05) is 17.3 Å². The molecule has 7 nitrogen and oxygen atoms in total. The van der Waals surface area contributed by atoms with Crippen LogP contribution in [0, 0.1) is 13.8 Å². The summed E-state index contributed by atoms with van der Waals surface area (Å²) >= 11 is 0. The van der Waals surface area contributed by atoms with Crippen molar-refractivity contribution >= 4 is 17.3 Å². The van der Waals surface area contributed by atoms with Gasteiger partial charge < -0.3 is 19.3 Å². The third-order valence-corrected chi connectivity index (χ3v) is 4.65. The molecule has 0 bridgehead atoms. The highest BCUT2D eigenvalue weighted by molar-refractivity contribution is 6.05. The van der Waals surface area contributed by atoms with Gasteiger partial charge in [0.1, 0.15) is 18.1 Å². The number of furan rings is 1. The first kappa shape index (κ1) is 20.1. The Balaban J connectivity index is 1.50. The number of nitrogens with zero attached hydrogens (tertiary/aromatic N) is 2. The highest BCUT2D eigenvalue weighted by Gasteiger charge is 2.14. The van der Waals surface area contributed by atoms with E-state index in [1.807, 2.05) is 38.1 Å². The Morgan fingerprint density at radius 1 is 1.21 bits per heavy atom. The summed E-state index contributed by atoms with van der Waals surface area (Å²) in [7, 11) is 0. The van der Waals surface area contributed by atoms with Crippen LogP contribution in [-0.2, 0) is 9.57 Å². The molecule has 28 heavy (non-hydrogen) atoms. The second kappa shape index (κ2) is 9.52. The molecule has 7 heteroatoms. The molecular formula is C21H27N3O4. The van der Waals surface area contributed by atoms with Crippen LogP contribution in [0.3, 0.4) is 0 Å². The SMILES string of the molecule is C/C(=N\OCCN1CCOCC1)c1ccc(NC(=O)c2cc(C)oc2C)cc1. The van der Waals surface area contributed by atoms with Crippen molar-refractivity contribution in [2.45, 2.75) is 20.8 Å². The van der Waals surface area contributed by atoms with Gasteiger partial charge in [-0.3, -0.25) is 9.69 Å². The Labute approximate surface area is 165 Å². The first-order valence-corrected chi connectivity index (χ1v) is 9.48. The largest absolute Gasteiger partial charge is 0.466 e. The van der Waals surface area contributed by atoms with Crippen LogP contribution >= 0.6 is 0 Å². The highest BCUT2D eigenvalue weighted by atomic mass is 16.6. The topological polar surface area (TPSA) is 76.3 Å². The molecule has 2 heterocycles. The normalized spacial score (nSPS) is 15.5. The number of carbonyl (C=O) groups is 1. The molecule has 0 atom stereocenters. The number of hydrogen-bond acceptors (Lipinski definition) is 6. The third kappa shape index (κ3) is 5.43. The summed E-state index contributed by atoms with van der Waals surface area (Å²) in [5.41, 5.74) is 3.00. The zero-order chi connectivity index (χ0) is 19.9. The number of rotatable bonds is 7. The molecule has 3 rings (SSSR count). The maximum Gasteiger partial charge on any atom is 0.259 e. The second-order valence-electron chi connectivity index (χ2n) is 6.82. The lowest BCUT2D eigenvalue weighted by atomic mass is 10.1. The van der Waals surface area contributed by atoms with Crippen LogP contribution in [0.5, 0.6) is 0 Å². The first-order chi connectivity index (χ1) is 13.5. The van der Waals surface area contributed by atoms with E-state index in [2.05, 4.69) is 15.4 Å². The van der Waals surface area contributed by atoms with Crippen molar-refractivity contribution in [3.8, 4) is 0 Å². The number of hydrogen-bond donors (Lipinski definition) is 1. The van der Waals surface area contributed by atoms with E-state index in [9.17, 15) is 4.79 Å². The van der Waals surface area contributed by atoms with E-state index in [1.54, 1.807) is 13.0 Å². The summed E-state index contributed by atoms with van der Waals surface area (Å²) in [6.07, 6.45) is 0. The fourth-order valence-electron chi connectivity index (χ4n) is 3.04. The summed E-state index contributed by atoms with van der Waals surface area (Å²) in [6, 6.07) is 9.26. The van der Waals surface area contributed by atoms with Crippen molar-refractivity contribution in [2.24, 2.45) is 5.16 Å². The fourth-order valence-corrected chi connectivity index (χ4v) is 3.04. The van der Waals surface area contributed by atoms with Gasteiger partial charge >= 0.3 is 0 Å². The van der Waals surface area contributed by atoms with E-state index >= 15 is 0 Å². The predicted octanol–water partition coefficient (Wildman–Crippen LogP) is 3.22. The van der Waals surface area contributed by atoms with E-state index in [-0.39, 0.29) is 5.91 Å². The molecule has 1 amide bonds. The van der Waals surface area contributed by atoms with E-state index in [0.717, 1.165) is 49.9 Å². The number of anilines is 1. The van der Waals surface area contributed by atoms with Crippen molar-refractivity contribution in [1.82, 2.24) is 4.90 Å². The summed E-state index contributed by atoms with van der Waals surface area (Å²) in [5, 5.41) is 7.07. The number of amides is 1. The van der Waals surface area contributed by atoms with Crippen LogP contribution in [0.25, 0.3) is 0 Å². The molecule has 150 valence electrons. The summed E-state index contributed by atoms with van der Waals surface area (Å²) < 4.78 is 10.7. The number of aryl methyl sites for hydroxylation is 2. The Kier molecular flexibility index (Phi) is 6.84. The molecule has 1 aliphatic heterocycles. The Bertz CT molecular complexity index is 821. The smallest absolute Gasteiger partial charge is 0.259 e. The molecule has 1 aromatic heterocycles.